The van der Waals surface area contributed by atoms with Crippen LogP contribution in [-0.4, -0.2) is 36.2 Å². The number of carbonyl (C=O) groups excluding carboxylic acids is 1. The molecule has 1 aliphatic heterocycles. The Morgan fingerprint density at radius 2 is 2.33 bits per heavy atom. The van der Waals surface area contributed by atoms with Gasteiger partial charge in [0.15, 0.2) is 0 Å². The van der Waals surface area contributed by atoms with Crippen LogP contribution in [-0.2, 0) is 16.6 Å². The van der Waals surface area contributed by atoms with Crippen molar-refractivity contribution in [3.63, 3.8) is 0 Å². The molecule has 2 atom stereocenters. The average molecular weight is 294 g/mol. The van der Waals surface area contributed by atoms with E-state index < -0.39 is 5.95 Å². The van der Waals surface area contributed by atoms with Crippen molar-refractivity contribution in [2.45, 2.75) is 39.0 Å². The standard InChI is InChI=1S/C16H23FN2O2/c1-5-12-8-13(14(17)18-9-12)16(3)6-7-19(10-11(16)2)15(20)21-4/h8-9,11H,5-7,10H2,1-4H3/t11?,16-/m0/s1. The molecule has 0 saturated carbocycles. The van der Waals surface area contributed by atoms with E-state index in [0.29, 0.717) is 25.1 Å². The quantitative estimate of drug-likeness (QED) is 0.787. The van der Waals surface area contributed by atoms with Crippen molar-refractivity contribution >= 4 is 6.09 Å². The summed E-state index contributed by atoms with van der Waals surface area (Å²) in [5.74, 6) is -0.262. The van der Waals surface area contributed by atoms with Gasteiger partial charge in [-0.2, -0.15) is 4.39 Å². The normalized spacial score (nSPS) is 25.8. The molecule has 1 amide bonds. The molecule has 0 radical (unpaired) electrons. The van der Waals surface area contributed by atoms with Gasteiger partial charge in [0.2, 0.25) is 5.95 Å². The second-order valence-corrected chi connectivity index (χ2v) is 6.02. The van der Waals surface area contributed by atoms with Crippen LogP contribution in [0.15, 0.2) is 12.3 Å². The Morgan fingerprint density at radius 3 is 2.90 bits per heavy atom. The van der Waals surface area contributed by atoms with Crippen LogP contribution in [0, 0.1) is 11.9 Å². The highest BCUT2D eigenvalue weighted by molar-refractivity contribution is 5.67. The first-order valence-electron chi connectivity index (χ1n) is 7.40. The van der Waals surface area contributed by atoms with Crippen LogP contribution in [0.3, 0.4) is 0 Å². The summed E-state index contributed by atoms with van der Waals surface area (Å²) < 4.78 is 19.0. The molecule has 116 valence electrons. The number of rotatable bonds is 2. The zero-order valence-corrected chi connectivity index (χ0v) is 13.1. The Labute approximate surface area is 125 Å². The molecular formula is C16H23FN2O2. The lowest BCUT2D eigenvalue weighted by molar-refractivity contribution is 0.0780. The molecule has 5 heteroatoms. The number of hydrogen-bond donors (Lipinski definition) is 0. The smallest absolute Gasteiger partial charge is 0.409 e. The first-order chi connectivity index (χ1) is 9.92. The van der Waals surface area contributed by atoms with Crippen molar-refractivity contribution < 1.29 is 13.9 Å². The highest BCUT2D eigenvalue weighted by Crippen LogP contribution is 2.40. The number of nitrogens with zero attached hydrogens (tertiary/aromatic N) is 2. The van der Waals surface area contributed by atoms with E-state index in [2.05, 4.69) is 11.9 Å². The fourth-order valence-electron chi connectivity index (χ4n) is 3.02. The number of halogens is 1. The van der Waals surface area contributed by atoms with E-state index >= 15 is 0 Å². The molecule has 21 heavy (non-hydrogen) atoms. The van der Waals surface area contributed by atoms with E-state index in [9.17, 15) is 9.18 Å². The molecule has 0 spiro atoms. The average Bonchev–Trinajstić information content (AvgIpc) is 2.49. The molecule has 1 aromatic heterocycles. The summed E-state index contributed by atoms with van der Waals surface area (Å²) in [5.41, 5.74) is 1.39. The van der Waals surface area contributed by atoms with E-state index in [-0.39, 0.29) is 17.4 Å². The maximum Gasteiger partial charge on any atom is 0.409 e. The number of pyridine rings is 1. The predicted octanol–water partition coefficient (Wildman–Crippen LogP) is 3.15. The van der Waals surface area contributed by atoms with Gasteiger partial charge < -0.3 is 9.64 Å². The van der Waals surface area contributed by atoms with E-state index in [1.165, 1.54) is 7.11 Å². The third-order valence-electron chi connectivity index (χ3n) is 4.84. The summed E-state index contributed by atoms with van der Waals surface area (Å²) in [6, 6.07) is 1.92. The number of aromatic nitrogens is 1. The van der Waals surface area contributed by atoms with E-state index in [0.717, 1.165) is 12.0 Å². The van der Waals surface area contributed by atoms with Gasteiger partial charge in [0, 0.05) is 30.3 Å². The molecule has 1 aliphatic rings. The zero-order valence-electron chi connectivity index (χ0n) is 13.1. The van der Waals surface area contributed by atoms with Gasteiger partial charge in [-0.3, -0.25) is 0 Å². The molecule has 1 fully saturated rings. The number of likely N-dealkylation sites (tertiary alicyclic amines) is 1. The summed E-state index contributed by atoms with van der Waals surface area (Å²) in [7, 11) is 1.38. The SMILES string of the molecule is CCc1cnc(F)c([C@@]2(C)CCN(C(=O)OC)CC2C)c1. The minimum Gasteiger partial charge on any atom is -0.453 e. The molecule has 0 N–H and O–H groups in total. The van der Waals surface area contributed by atoms with Gasteiger partial charge in [0.05, 0.1) is 7.11 Å². The number of carbonyl (C=O) groups is 1. The molecule has 1 aromatic rings. The summed E-state index contributed by atoms with van der Waals surface area (Å²) >= 11 is 0. The number of methoxy groups -OCH3 is 1. The Balaban J connectivity index is 2.29. The molecular weight excluding hydrogens is 271 g/mol. The van der Waals surface area contributed by atoms with E-state index in [1.54, 1.807) is 11.1 Å². The largest absolute Gasteiger partial charge is 0.453 e. The van der Waals surface area contributed by atoms with Gasteiger partial charge >= 0.3 is 6.09 Å². The van der Waals surface area contributed by atoms with Gasteiger partial charge in [0.25, 0.3) is 0 Å². The van der Waals surface area contributed by atoms with Crippen LogP contribution in [0.1, 0.15) is 38.3 Å². The maximum absolute atomic E-state index is 14.2. The highest BCUT2D eigenvalue weighted by atomic mass is 19.1. The summed E-state index contributed by atoms with van der Waals surface area (Å²) in [5, 5.41) is 0. The van der Waals surface area contributed by atoms with E-state index in [1.807, 2.05) is 19.9 Å². The molecule has 1 saturated heterocycles. The summed E-state index contributed by atoms with van der Waals surface area (Å²) in [6.45, 7) is 7.28. The Kier molecular flexibility index (Phi) is 4.49. The third-order valence-corrected chi connectivity index (χ3v) is 4.84. The maximum atomic E-state index is 14.2. The molecule has 0 bridgehead atoms. The van der Waals surface area contributed by atoms with Crippen molar-refractivity contribution in [1.29, 1.82) is 0 Å². The molecule has 2 heterocycles. The van der Waals surface area contributed by atoms with Crippen molar-refractivity contribution in [3.05, 3.63) is 29.3 Å². The molecule has 1 unspecified atom stereocenters. The lowest BCUT2D eigenvalue weighted by atomic mass is 9.68. The highest BCUT2D eigenvalue weighted by Gasteiger charge is 2.41. The number of aryl methyl sites for hydroxylation is 1. The van der Waals surface area contributed by atoms with Gasteiger partial charge in [-0.05, 0) is 30.4 Å². The molecule has 2 rings (SSSR count). The topological polar surface area (TPSA) is 42.4 Å². The summed E-state index contributed by atoms with van der Waals surface area (Å²) in [4.78, 5) is 17.2. The molecule has 0 aliphatic carbocycles. The molecule has 0 aromatic carbocycles. The van der Waals surface area contributed by atoms with Crippen molar-refractivity contribution in [1.82, 2.24) is 9.88 Å². The van der Waals surface area contributed by atoms with Gasteiger partial charge in [-0.25, -0.2) is 9.78 Å². The van der Waals surface area contributed by atoms with Crippen LogP contribution in [0.5, 0.6) is 0 Å². The van der Waals surface area contributed by atoms with Gasteiger partial charge in [-0.15, -0.1) is 0 Å². The van der Waals surface area contributed by atoms with Crippen molar-refractivity contribution in [3.8, 4) is 0 Å². The Hall–Kier alpha value is -1.65. The second-order valence-electron chi connectivity index (χ2n) is 6.02. The third kappa shape index (κ3) is 2.87. The Bertz CT molecular complexity index is 535. The number of hydrogen-bond acceptors (Lipinski definition) is 3. The number of amides is 1. The predicted molar refractivity (Wildman–Crippen MR) is 78.7 cm³/mol. The van der Waals surface area contributed by atoms with Crippen LogP contribution in [0.4, 0.5) is 9.18 Å². The van der Waals surface area contributed by atoms with Crippen LogP contribution >= 0.6 is 0 Å². The zero-order chi connectivity index (χ0) is 15.6. The van der Waals surface area contributed by atoms with Crippen molar-refractivity contribution in [2.75, 3.05) is 20.2 Å². The number of piperidine rings is 1. The lowest BCUT2D eigenvalue weighted by Gasteiger charge is -2.44. The van der Waals surface area contributed by atoms with Crippen LogP contribution in [0.25, 0.3) is 0 Å². The van der Waals surface area contributed by atoms with Crippen LogP contribution < -0.4 is 0 Å². The summed E-state index contributed by atoms with van der Waals surface area (Å²) in [6.07, 6.45) is 2.81. The monoisotopic (exact) mass is 294 g/mol. The second kappa shape index (κ2) is 6.00. The number of ether oxygens (including phenoxy) is 1. The fraction of sp³-hybridized carbons (Fsp3) is 0.625. The Morgan fingerprint density at radius 1 is 1.62 bits per heavy atom. The minimum atomic E-state index is -0.395. The van der Waals surface area contributed by atoms with Crippen LogP contribution in [0.2, 0.25) is 0 Å². The molecule has 4 nitrogen and oxygen atoms in total. The first-order valence-corrected chi connectivity index (χ1v) is 7.40. The minimum absolute atomic E-state index is 0.133. The lowest BCUT2D eigenvalue weighted by Crippen LogP contribution is -2.49. The van der Waals surface area contributed by atoms with Crippen molar-refractivity contribution in [2.24, 2.45) is 5.92 Å². The van der Waals surface area contributed by atoms with E-state index in [4.69, 9.17) is 4.74 Å². The first kappa shape index (κ1) is 15.7. The van der Waals surface area contributed by atoms with Gasteiger partial charge in [0.1, 0.15) is 0 Å². The fourth-order valence-corrected chi connectivity index (χ4v) is 3.02. The van der Waals surface area contributed by atoms with Gasteiger partial charge in [-0.1, -0.05) is 20.8 Å².